The van der Waals surface area contributed by atoms with Crippen LogP contribution in [0.4, 0.5) is 0 Å². The number of thiophene rings is 1. The lowest BCUT2D eigenvalue weighted by Gasteiger charge is -2.42. The largest absolute Gasteiger partial charge is 0.307 e. The Labute approximate surface area is 387 Å². The van der Waals surface area contributed by atoms with E-state index in [-0.39, 0.29) is 16.2 Å². The zero-order valence-corrected chi connectivity index (χ0v) is 38.9. The molecule has 4 heterocycles. The molecule has 0 unspecified atom stereocenters. The average Bonchev–Trinajstić information content (AvgIpc) is 4.05. The summed E-state index contributed by atoms with van der Waals surface area (Å²) in [6.07, 6.45) is 2.31. The molecule has 4 nitrogen and oxygen atoms in total. The highest BCUT2D eigenvalue weighted by molar-refractivity contribution is 7.25. The number of hydrogen-bond donors (Lipinski definition) is 0. The number of benzene rings is 8. The van der Waals surface area contributed by atoms with Crippen molar-refractivity contribution in [1.29, 1.82) is 0 Å². The van der Waals surface area contributed by atoms with Gasteiger partial charge in [0.25, 0.3) is 0 Å². The van der Waals surface area contributed by atoms with Gasteiger partial charge in [-0.1, -0.05) is 157 Å². The van der Waals surface area contributed by atoms with Crippen LogP contribution in [-0.2, 0) is 16.2 Å². The second-order valence-electron chi connectivity index (χ2n) is 20.8. The first-order valence-electron chi connectivity index (χ1n) is 23.5. The monoisotopic (exact) mass is 868 g/mol. The summed E-state index contributed by atoms with van der Waals surface area (Å²) in [6, 6.07) is 58.9. The number of aromatic nitrogens is 4. The highest BCUT2D eigenvalue weighted by atomic mass is 32.1. The molecule has 8 aromatic carbocycles. The normalized spacial score (nSPS) is 16.0. The Bertz CT molecular complexity index is 4080. The molecule has 66 heavy (non-hydrogen) atoms. The summed E-state index contributed by atoms with van der Waals surface area (Å²) in [7, 11) is 0. The van der Waals surface area contributed by atoms with Crippen molar-refractivity contribution < 1.29 is 0 Å². The lowest BCUT2D eigenvalue weighted by Crippen LogP contribution is -2.33. The van der Waals surface area contributed by atoms with E-state index in [1.807, 2.05) is 0 Å². The van der Waals surface area contributed by atoms with Crippen LogP contribution < -0.4 is 0 Å². The van der Waals surface area contributed by atoms with Crippen molar-refractivity contribution in [1.82, 2.24) is 19.1 Å². The van der Waals surface area contributed by atoms with Gasteiger partial charge >= 0.3 is 0 Å². The van der Waals surface area contributed by atoms with Crippen LogP contribution in [0.5, 0.6) is 0 Å². The summed E-state index contributed by atoms with van der Waals surface area (Å²) in [4.78, 5) is 12.5. The SMILES string of the molecule is CC1(C)CCC(C)(C)c2cc3c(cc21)c1c2ccccc2c2c4ccccc4n(-c4nc(-c5ccc6c(c5)-c5ccccc5C6(C)C)c5c(n4)sc4ccccc45)c2c1n3-c1ccccc1. The van der Waals surface area contributed by atoms with Gasteiger partial charge in [-0.3, -0.25) is 4.57 Å². The molecule has 0 saturated carbocycles. The minimum atomic E-state index is -0.0925. The van der Waals surface area contributed by atoms with Crippen LogP contribution in [0.15, 0.2) is 158 Å². The van der Waals surface area contributed by atoms with Gasteiger partial charge in [0.1, 0.15) is 4.83 Å². The molecule has 12 aromatic rings. The minimum absolute atomic E-state index is 0.0442. The molecule has 0 fully saturated rings. The van der Waals surface area contributed by atoms with Crippen LogP contribution in [0.25, 0.3) is 109 Å². The summed E-state index contributed by atoms with van der Waals surface area (Å²) < 4.78 is 6.18. The maximum absolute atomic E-state index is 5.85. The van der Waals surface area contributed by atoms with Gasteiger partial charge in [0.05, 0.1) is 27.8 Å². The second-order valence-corrected chi connectivity index (χ2v) is 21.8. The summed E-state index contributed by atoms with van der Waals surface area (Å²) >= 11 is 1.76. The lowest BCUT2D eigenvalue weighted by atomic mass is 9.63. The summed E-state index contributed by atoms with van der Waals surface area (Å²) in [6.45, 7) is 14.5. The zero-order chi connectivity index (χ0) is 44.4. The van der Waals surface area contributed by atoms with Gasteiger partial charge in [-0.2, -0.15) is 0 Å². The smallest absolute Gasteiger partial charge is 0.236 e. The van der Waals surface area contributed by atoms with Gasteiger partial charge in [-0.15, -0.1) is 11.3 Å². The maximum Gasteiger partial charge on any atom is 0.236 e. The number of nitrogens with zero attached hydrogens (tertiary/aromatic N) is 4. The third-order valence-electron chi connectivity index (χ3n) is 15.8. The Balaban J connectivity index is 1.18. The first kappa shape index (κ1) is 38.2. The molecular formula is C61H48N4S. The standard InChI is InChI=1S/C61H48N4S/c1-59(2)30-31-60(3,4)47-34-49-43(33-46(47)59)52-39-22-11-10-21-38(39)51-40-23-13-16-26-48(40)65(56(51)55(52)64(49)36-18-8-7-9-19-36)58-62-54(53-41-24-14-17-27-50(41)66-57(53)63-58)35-28-29-45-42(32-35)37-20-12-15-25-44(37)61(45,5)6/h7-29,32-34H,30-31H2,1-6H3. The Morgan fingerprint density at radius 1 is 0.455 bits per heavy atom. The van der Waals surface area contributed by atoms with Crippen molar-refractivity contribution in [2.75, 3.05) is 0 Å². The molecule has 0 aliphatic heterocycles. The Hall–Kier alpha value is -7.08. The lowest BCUT2D eigenvalue weighted by molar-refractivity contribution is 0.332. The molecule has 5 heteroatoms. The molecule has 0 amide bonds. The minimum Gasteiger partial charge on any atom is -0.307 e. The summed E-state index contributed by atoms with van der Waals surface area (Å²) in [5.74, 6) is 0.680. The molecule has 0 bridgehead atoms. The first-order valence-corrected chi connectivity index (χ1v) is 24.3. The third kappa shape index (κ3) is 4.99. The first-order chi connectivity index (χ1) is 32.0. The molecule has 318 valence electrons. The molecule has 14 rings (SSSR count). The second kappa shape index (κ2) is 13.0. The van der Waals surface area contributed by atoms with Crippen molar-refractivity contribution in [3.05, 3.63) is 180 Å². The highest BCUT2D eigenvalue weighted by Crippen LogP contribution is 2.53. The Morgan fingerprint density at radius 3 is 1.83 bits per heavy atom. The predicted molar refractivity (Wildman–Crippen MR) is 279 cm³/mol. The number of para-hydroxylation sites is 2. The molecule has 0 atom stereocenters. The van der Waals surface area contributed by atoms with Crippen molar-refractivity contribution in [3.8, 4) is 34.0 Å². The van der Waals surface area contributed by atoms with Crippen LogP contribution >= 0.6 is 11.3 Å². The highest BCUT2D eigenvalue weighted by Gasteiger charge is 2.39. The van der Waals surface area contributed by atoms with Gasteiger partial charge in [0.15, 0.2) is 0 Å². The van der Waals surface area contributed by atoms with Crippen LogP contribution in [0.2, 0.25) is 0 Å². The third-order valence-corrected chi connectivity index (χ3v) is 16.9. The van der Waals surface area contributed by atoms with Gasteiger partial charge in [-0.05, 0) is 110 Å². The average molecular weight is 869 g/mol. The van der Waals surface area contributed by atoms with Gasteiger partial charge in [0, 0.05) is 53.7 Å². The van der Waals surface area contributed by atoms with Crippen molar-refractivity contribution in [3.63, 3.8) is 0 Å². The van der Waals surface area contributed by atoms with E-state index in [0.717, 1.165) is 51.0 Å². The van der Waals surface area contributed by atoms with E-state index in [4.69, 9.17) is 9.97 Å². The van der Waals surface area contributed by atoms with E-state index < -0.39 is 0 Å². The predicted octanol–water partition coefficient (Wildman–Crippen LogP) is 16.5. The molecule has 0 radical (unpaired) electrons. The Kier molecular flexibility index (Phi) is 7.56. The molecular weight excluding hydrogens is 821 g/mol. The fourth-order valence-corrected chi connectivity index (χ4v) is 13.4. The molecule has 4 aromatic heterocycles. The van der Waals surface area contributed by atoms with Gasteiger partial charge in [0.2, 0.25) is 5.95 Å². The topological polar surface area (TPSA) is 35.6 Å². The zero-order valence-electron chi connectivity index (χ0n) is 38.1. The van der Waals surface area contributed by atoms with Crippen molar-refractivity contribution >= 4 is 86.0 Å². The summed E-state index contributed by atoms with van der Waals surface area (Å²) in [5.41, 5.74) is 16.1. The summed E-state index contributed by atoms with van der Waals surface area (Å²) in [5, 5.41) is 9.76. The molecule has 2 aliphatic rings. The van der Waals surface area contributed by atoms with E-state index in [1.165, 1.54) is 86.8 Å². The van der Waals surface area contributed by atoms with E-state index in [2.05, 4.69) is 208 Å². The molecule has 0 spiro atoms. The van der Waals surface area contributed by atoms with E-state index >= 15 is 0 Å². The van der Waals surface area contributed by atoms with Crippen molar-refractivity contribution in [2.24, 2.45) is 0 Å². The fourth-order valence-electron chi connectivity index (χ4n) is 12.3. The van der Waals surface area contributed by atoms with Crippen LogP contribution in [0, 0.1) is 0 Å². The van der Waals surface area contributed by atoms with E-state index in [1.54, 1.807) is 11.3 Å². The molecule has 0 N–H and O–H groups in total. The van der Waals surface area contributed by atoms with Crippen molar-refractivity contribution in [2.45, 2.75) is 70.6 Å². The van der Waals surface area contributed by atoms with Gasteiger partial charge < -0.3 is 4.57 Å². The van der Waals surface area contributed by atoms with Crippen LogP contribution in [-0.4, -0.2) is 19.1 Å². The maximum atomic E-state index is 5.85. The van der Waals surface area contributed by atoms with Gasteiger partial charge in [-0.25, -0.2) is 9.97 Å². The number of rotatable bonds is 3. The molecule has 0 saturated heterocycles. The van der Waals surface area contributed by atoms with Crippen LogP contribution in [0.3, 0.4) is 0 Å². The number of hydrogen-bond acceptors (Lipinski definition) is 3. The fraction of sp³-hybridized carbons (Fsp3) is 0.180. The Morgan fingerprint density at radius 2 is 1.06 bits per heavy atom. The number of fused-ring (bicyclic) bond motifs is 17. The van der Waals surface area contributed by atoms with Crippen LogP contribution in [0.1, 0.15) is 76.6 Å². The quantitative estimate of drug-likeness (QED) is 0.177. The molecule has 2 aliphatic carbocycles. The van der Waals surface area contributed by atoms with E-state index in [9.17, 15) is 0 Å². The van der Waals surface area contributed by atoms with E-state index in [0.29, 0.717) is 5.95 Å².